The van der Waals surface area contributed by atoms with Crippen molar-refractivity contribution in [3.8, 4) is 11.4 Å². The number of amides is 1. The average Bonchev–Trinajstić information content (AvgIpc) is 2.91. The van der Waals surface area contributed by atoms with Crippen molar-refractivity contribution in [2.45, 2.75) is 57.5 Å². The number of carbonyl (C=O) groups is 1. The Hall–Kier alpha value is -2.21. The third-order valence-electron chi connectivity index (χ3n) is 5.12. The Morgan fingerprint density at radius 1 is 1.16 bits per heavy atom. The number of aryl methyl sites for hydroxylation is 1. The molecule has 0 aliphatic carbocycles. The zero-order chi connectivity index (χ0) is 17.1. The van der Waals surface area contributed by atoms with Gasteiger partial charge in [-0.05, 0) is 44.4 Å². The van der Waals surface area contributed by atoms with Crippen LogP contribution in [0.4, 0.5) is 5.69 Å². The number of hydrogen-bond donors (Lipinski definition) is 2. The number of hydrogen-bond acceptors (Lipinski definition) is 4. The largest absolute Gasteiger partial charge is 0.325 e. The first-order valence-electron chi connectivity index (χ1n) is 9.38. The van der Waals surface area contributed by atoms with Crippen LogP contribution in [0.5, 0.6) is 0 Å². The lowest BCUT2D eigenvalue weighted by molar-refractivity contribution is -0.118. The first kappa shape index (κ1) is 16.3. The number of nitrogens with one attached hydrogen (secondary N) is 2. The van der Waals surface area contributed by atoms with Gasteiger partial charge in [0.2, 0.25) is 5.91 Å². The van der Waals surface area contributed by atoms with Crippen molar-refractivity contribution >= 4 is 11.6 Å². The summed E-state index contributed by atoms with van der Waals surface area (Å²) in [7, 11) is 0. The van der Waals surface area contributed by atoms with Gasteiger partial charge in [-0.2, -0.15) is 0 Å². The van der Waals surface area contributed by atoms with Crippen molar-refractivity contribution in [3.05, 3.63) is 30.1 Å². The molecule has 6 nitrogen and oxygen atoms in total. The molecule has 4 rings (SSSR count). The monoisotopic (exact) mass is 339 g/mol. The number of benzene rings is 1. The molecule has 6 heteroatoms. The number of fused-ring (bicyclic) bond motifs is 1. The number of piperidine rings is 1. The summed E-state index contributed by atoms with van der Waals surface area (Å²) in [4.78, 5) is 12.4. The van der Waals surface area contributed by atoms with Crippen molar-refractivity contribution < 1.29 is 4.79 Å². The van der Waals surface area contributed by atoms with E-state index in [2.05, 4.69) is 25.4 Å². The smallest absolute Gasteiger partial charge is 0.241 e. The molecule has 1 amide bonds. The highest BCUT2D eigenvalue weighted by molar-refractivity contribution is 5.95. The van der Waals surface area contributed by atoms with Crippen LogP contribution >= 0.6 is 0 Å². The molecule has 2 N–H and O–H groups in total. The Balaban J connectivity index is 1.53. The third-order valence-corrected chi connectivity index (χ3v) is 5.12. The molecule has 2 aliphatic heterocycles. The Morgan fingerprint density at radius 3 is 3.00 bits per heavy atom. The summed E-state index contributed by atoms with van der Waals surface area (Å²) in [6, 6.07) is 7.86. The molecule has 132 valence electrons. The number of aromatic nitrogens is 3. The van der Waals surface area contributed by atoms with Crippen LogP contribution in [-0.2, 0) is 17.8 Å². The first-order chi connectivity index (χ1) is 12.3. The lowest BCUT2D eigenvalue weighted by Gasteiger charge is -2.22. The maximum Gasteiger partial charge on any atom is 0.241 e. The fraction of sp³-hybridized carbons (Fsp3) is 0.526. The summed E-state index contributed by atoms with van der Waals surface area (Å²) in [6.07, 6.45) is 7.76. The molecule has 0 radical (unpaired) electrons. The van der Waals surface area contributed by atoms with Gasteiger partial charge in [-0.15, -0.1) is 10.2 Å². The summed E-state index contributed by atoms with van der Waals surface area (Å²) in [5, 5.41) is 15.1. The van der Waals surface area contributed by atoms with Gasteiger partial charge >= 0.3 is 0 Å². The van der Waals surface area contributed by atoms with E-state index in [0.29, 0.717) is 0 Å². The SMILES string of the molecule is O=C(Nc1cccc(-c2nnc3n2CCCCC3)c1)C1CCCCN1. The normalized spacial score (nSPS) is 20.6. The van der Waals surface area contributed by atoms with Crippen LogP contribution in [0.3, 0.4) is 0 Å². The number of rotatable bonds is 3. The van der Waals surface area contributed by atoms with E-state index in [9.17, 15) is 4.79 Å². The van der Waals surface area contributed by atoms with E-state index in [1.54, 1.807) is 0 Å². The van der Waals surface area contributed by atoms with Crippen molar-refractivity contribution in [1.29, 1.82) is 0 Å². The van der Waals surface area contributed by atoms with E-state index in [1.807, 2.05) is 24.3 Å². The van der Waals surface area contributed by atoms with Gasteiger partial charge in [-0.1, -0.05) is 25.0 Å². The second-order valence-corrected chi connectivity index (χ2v) is 6.97. The van der Waals surface area contributed by atoms with Crippen LogP contribution < -0.4 is 10.6 Å². The molecular weight excluding hydrogens is 314 g/mol. The Morgan fingerprint density at radius 2 is 2.12 bits per heavy atom. The molecule has 2 aliphatic rings. The van der Waals surface area contributed by atoms with E-state index in [-0.39, 0.29) is 11.9 Å². The quantitative estimate of drug-likeness (QED) is 0.902. The van der Waals surface area contributed by atoms with Crippen molar-refractivity contribution in [3.63, 3.8) is 0 Å². The Kier molecular flexibility index (Phi) is 4.78. The minimum absolute atomic E-state index is 0.0527. The maximum absolute atomic E-state index is 12.4. The minimum atomic E-state index is -0.0817. The van der Waals surface area contributed by atoms with Gasteiger partial charge in [0.25, 0.3) is 0 Å². The zero-order valence-corrected chi connectivity index (χ0v) is 14.5. The van der Waals surface area contributed by atoms with Gasteiger partial charge in [-0.25, -0.2) is 0 Å². The minimum Gasteiger partial charge on any atom is -0.325 e. The highest BCUT2D eigenvalue weighted by Gasteiger charge is 2.21. The highest BCUT2D eigenvalue weighted by Crippen LogP contribution is 2.25. The van der Waals surface area contributed by atoms with Crippen LogP contribution in [0, 0.1) is 0 Å². The summed E-state index contributed by atoms with van der Waals surface area (Å²) in [6.45, 7) is 1.89. The Bertz CT molecular complexity index is 748. The molecule has 1 aromatic heterocycles. The zero-order valence-electron chi connectivity index (χ0n) is 14.5. The number of anilines is 1. The topological polar surface area (TPSA) is 71.8 Å². The van der Waals surface area contributed by atoms with Crippen molar-refractivity contribution in [2.24, 2.45) is 0 Å². The summed E-state index contributed by atoms with van der Waals surface area (Å²) in [5.41, 5.74) is 1.83. The molecule has 0 saturated carbocycles. The van der Waals surface area contributed by atoms with Gasteiger partial charge in [0.1, 0.15) is 5.82 Å². The second-order valence-electron chi connectivity index (χ2n) is 6.97. The lowest BCUT2D eigenvalue weighted by Crippen LogP contribution is -2.43. The molecule has 0 spiro atoms. The molecule has 0 bridgehead atoms. The van der Waals surface area contributed by atoms with Crippen LogP contribution in [0.15, 0.2) is 24.3 Å². The average molecular weight is 339 g/mol. The third kappa shape index (κ3) is 3.58. The fourth-order valence-corrected chi connectivity index (χ4v) is 3.74. The van der Waals surface area contributed by atoms with E-state index >= 15 is 0 Å². The second kappa shape index (κ2) is 7.35. The molecule has 1 atom stereocenters. The maximum atomic E-state index is 12.4. The molecule has 3 heterocycles. The predicted molar refractivity (Wildman–Crippen MR) is 97.3 cm³/mol. The molecular formula is C19H25N5O. The molecule has 1 saturated heterocycles. The van der Waals surface area contributed by atoms with Crippen LogP contribution in [0.25, 0.3) is 11.4 Å². The number of nitrogens with zero attached hydrogens (tertiary/aromatic N) is 3. The van der Waals surface area contributed by atoms with E-state index in [1.165, 1.54) is 19.3 Å². The van der Waals surface area contributed by atoms with Gasteiger partial charge in [0, 0.05) is 24.2 Å². The summed E-state index contributed by atoms with van der Waals surface area (Å²) in [5.74, 6) is 2.04. The van der Waals surface area contributed by atoms with Gasteiger partial charge in [0.15, 0.2) is 5.82 Å². The van der Waals surface area contributed by atoms with Crippen LogP contribution in [0.1, 0.15) is 44.3 Å². The van der Waals surface area contributed by atoms with Gasteiger partial charge in [0.05, 0.1) is 6.04 Å². The predicted octanol–water partition coefficient (Wildman–Crippen LogP) is 2.75. The molecule has 1 unspecified atom stereocenters. The number of carbonyl (C=O) groups excluding carboxylic acids is 1. The van der Waals surface area contributed by atoms with E-state index in [0.717, 1.165) is 61.7 Å². The summed E-state index contributed by atoms with van der Waals surface area (Å²) >= 11 is 0. The van der Waals surface area contributed by atoms with Crippen LogP contribution in [0.2, 0.25) is 0 Å². The Labute approximate surface area is 148 Å². The standard InChI is InChI=1S/C19H25N5O/c25-19(16-9-3-4-11-20-16)21-15-8-6-7-14(13-15)18-23-22-17-10-2-1-5-12-24(17)18/h6-8,13,16,20H,1-5,9-12H2,(H,21,25). The van der Waals surface area contributed by atoms with E-state index in [4.69, 9.17) is 0 Å². The molecule has 2 aromatic rings. The molecule has 1 aromatic carbocycles. The molecule has 1 fully saturated rings. The first-order valence-corrected chi connectivity index (χ1v) is 9.38. The summed E-state index contributed by atoms with van der Waals surface area (Å²) < 4.78 is 2.23. The lowest BCUT2D eigenvalue weighted by atomic mass is 10.0. The van der Waals surface area contributed by atoms with Gasteiger partial charge in [-0.3, -0.25) is 4.79 Å². The van der Waals surface area contributed by atoms with Gasteiger partial charge < -0.3 is 15.2 Å². The fourth-order valence-electron chi connectivity index (χ4n) is 3.74. The van der Waals surface area contributed by atoms with E-state index < -0.39 is 0 Å². The highest BCUT2D eigenvalue weighted by atomic mass is 16.2. The molecule has 25 heavy (non-hydrogen) atoms. The van der Waals surface area contributed by atoms with Crippen LogP contribution in [-0.4, -0.2) is 33.3 Å². The van der Waals surface area contributed by atoms with Crippen molar-refractivity contribution in [1.82, 2.24) is 20.1 Å². The van der Waals surface area contributed by atoms with Crippen molar-refractivity contribution in [2.75, 3.05) is 11.9 Å².